The van der Waals surface area contributed by atoms with Crippen LogP contribution in [-0.2, 0) is 14.8 Å². The van der Waals surface area contributed by atoms with E-state index in [2.05, 4.69) is 5.32 Å². The smallest absolute Gasteiger partial charge is 0.264 e. The number of nitrogens with zero attached hydrogens (tertiary/aromatic N) is 1. The van der Waals surface area contributed by atoms with Gasteiger partial charge in [0.15, 0.2) is 0 Å². The average Bonchev–Trinajstić information content (AvgIpc) is 2.89. The summed E-state index contributed by atoms with van der Waals surface area (Å²) in [6.07, 6.45) is 0. The van der Waals surface area contributed by atoms with Crippen molar-refractivity contribution in [3.8, 4) is 17.2 Å². The Balaban J connectivity index is 1.64. The lowest BCUT2D eigenvalue weighted by Crippen LogP contribution is -2.38. The molecule has 1 amide bonds. The zero-order chi connectivity index (χ0) is 26.4. The predicted octanol–water partition coefficient (Wildman–Crippen LogP) is 6.28. The molecule has 0 saturated carbocycles. The third kappa shape index (κ3) is 6.41. The van der Waals surface area contributed by atoms with Gasteiger partial charge in [0.05, 0.1) is 23.4 Å². The largest absolute Gasteiger partial charge is 0.495 e. The summed E-state index contributed by atoms with van der Waals surface area (Å²) in [6, 6.07) is 26.9. The first-order valence-corrected chi connectivity index (χ1v) is 13.1. The summed E-state index contributed by atoms with van der Waals surface area (Å²) < 4.78 is 39.5. The molecule has 0 radical (unpaired) electrons. The van der Waals surface area contributed by atoms with Crippen LogP contribution in [0.1, 0.15) is 5.56 Å². The SMILES string of the molecule is COc1ccc(Cl)cc1NC(=O)CN(c1ccc(Oc2ccccc2)cc1)S(=O)(=O)c1ccc(C)cc1. The lowest BCUT2D eigenvalue weighted by atomic mass is 10.2. The number of carbonyl (C=O) groups excluding carboxylic acids is 1. The van der Waals surface area contributed by atoms with Crippen molar-refractivity contribution in [2.24, 2.45) is 0 Å². The Hall–Kier alpha value is -4.01. The number of rotatable bonds is 9. The molecule has 4 aromatic carbocycles. The van der Waals surface area contributed by atoms with Crippen molar-refractivity contribution < 1.29 is 22.7 Å². The number of hydrogen-bond acceptors (Lipinski definition) is 5. The minimum atomic E-state index is -4.08. The number of hydrogen-bond donors (Lipinski definition) is 1. The first-order chi connectivity index (χ1) is 17.8. The highest BCUT2D eigenvalue weighted by molar-refractivity contribution is 7.92. The Kier molecular flexibility index (Phi) is 8.01. The second-order valence-corrected chi connectivity index (χ2v) is 10.4. The molecule has 0 bridgehead atoms. The highest BCUT2D eigenvalue weighted by Crippen LogP contribution is 2.30. The quantitative estimate of drug-likeness (QED) is 0.272. The average molecular weight is 537 g/mol. The zero-order valence-corrected chi connectivity index (χ0v) is 21.8. The monoisotopic (exact) mass is 536 g/mol. The van der Waals surface area contributed by atoms with E-state index in [1.807, 2.05) is 37.3 Å². The molecule has 0 saturated heterocycles. The molecule has 0 unspecified atom stereocenters. The van der Waals surface area contributed by atoms with Gasteiger partial charge >= 0.3 is 0 Å². The number of methoxy groups -OCH3 is 1. The summed E-state index contributed by atoms with van der Waals surface area (Å²) >= 11 is 6.07. The van der Waals surface area contributed by atoms with Crippen LogP contribution >= 0.6 is 11.6 Å². The summed E-state index contributed by atoms with van der Waals surface area (Å²) in [4.78, 5) is 13.1. The molecule has 0 aromatic heterocycles. The van der Waals surface area contributed by atoms with Gasteiger partial charge in [0.25, 0.3) is 10.0 Å². The van der Waals surface area contributed by atoms with Crippen LogP contribution in [0.2, 0.25) is 5.02 Å². The van der Waals surface area contributed by atoms with E-state index < -0.39 is 22.5 Å². The number of amides is 1. The maximum Gasteiger partial charge on any atom is 0.264 e. The van der Waals surface area contributed by atoms with Gasteiger partial charge in [-0.3, -0.25) is 9.10 Å². The molecule has 190 valence electrons. The molecule has 0 fully saturated rings. The van der Waals surface area contributed by atoms with Crippen LogP contribution in [0.25, 0.3) is 0 Å². The number of anilines is 2. The summed E-state index contributed by atoms with van der Waals surface area (Å²) in [5.41, 5.74) is 1.55. The van der Waals surface area contributed by atoms with Crippen LogP contribution in [0, 0.1) is 6.92 Å². The molecule has 0 spiro atoms. The van der Waals surface area contributed by atoms with E-state index in [0.29, 0.717) is 33.6 Å². The Morgan fingerprint density at radius 3 is 2.19 bits per heavy atom. The van der Waals surface area contributed by atoms with Crippen molar-refractivity contribution >= 4 is 38.9 Å². The van der Waals surface area contributed by atoms with Gasteiger partial charge in [0.2, 0.25) is 5.91 Å². The second kappa shape index (κ2) is 11.4. The van der Waals surface area contributed by atoms with Gasteiger partial charge in [-0.05, 0) is 73.7 Å². The predicted molar refractivity (Wildman–Crippen MR) is 145 cm³/mol. The van der Waals surface area contributed by atoms with Crippen molar-refractivity contribution in [1.82, 2.24) is 0 Å². The molecule has 4 aromatic rings. The fourth-order valence-corrected chi connectivity index (χ4v) is 5.15. The maximum absolute atomic E-state index is 13.7. The van der Waals surface area contributed by atoms with Crippen LogP contribution in [0.3, 0.4) is 0 Å². The molecular formula is C28H25ClN2O5S. The van der Waals surface area contributed by atoms with Crippen LogP contribution in [0.5, 0.6) is 17.2 Å². The normalized spacial score (nSPS) is 11.0. The van der Waals surface area contributed by atoms with Gasteiger partial charge in [-0.25, -0.2) is 8.42 Å². The molecule has 37 heavy (non-hydrogen) atoms. The van der Waals surface area contributed by atoms with Crippen molar-refractivity contribution in [2.45, 2.75) is 11.8 Å². The second-order valence-electron chi connectivity index (χ2n) is 8.13. The minimum absolute atomic E-state index is 0.0656. The van der Waals surface area contributed by atoms with Crippen molar-refractivity contribution in [3.63, 3.8) is 0 Å². The van der Waals surface area contributed by atoms with Crippen LogP contribution in [0.15, 0.2) is 102 Å². The fourth-order valence-electron chi connectivity index (χ4n) is 3.56. The minimum Gasteiger partial charge on any atom is -0.495 e. The molecular weight excluding hydrogens is 512 g/mol. The fraction of sp³-hybridized carbons (Fsp3) is 0.107. The highest BCUT2D eigenvalue weighted by atomic mass is 35.5. The number of sulfonamides is 1. The number of aryl methyl sites for hydroxylation is 1. The zero-order valence-electron chi connectivity index (χ0n) is 20.2. The first-order valence-electron chi connectivity index (χ1n) is 11.3. The van der Waals surface area contributed by atoms with Crippen LogP contribution in [0.4, 0.5) is 11.4 Å². The van der Waals surface area contributed by atoms with E-state index in [0.717, 1.165) is 9.87 Å². The molecule has 0 aliphatic heterocycles. The van der Waals surface area contributed by atoms with Gasteiger partial charge in [0, 0.05) is 5.02 Å². The maximum atomic E-state index is 13.7. The summed E-state index contributed by atoms with van der Waals surface area (Å²) in [7, 11) is -2.62. The molecule has 0 atom stereocenters. The van der Waals surface area contributed by atoms with E-state index in [1.165, 1.54) is 25.3 Å². The summed E-state index contributed by atoms with van der Waals surface area (Å²) in [5, 5.41) is 3.10. The van der Waals surface area contributed by atoms with E-state index in [4.69, 9.17) is 21.1 Å². The summed E-state index contributed by atoms with van der Waals surface area (Å²) in [5.74, 6) is 0.999. The number of para-hydroxylation sites is 1. The lowest BCUT2D eigenvalue weighted by Gasteiger charge is -2.24. The molecule has 0 heterocycles. The third-order valence-corrected chi connectivity index (χ3v) is 7.46. The number of ether oxygens (including phenoxy) is 2. The van der Waals surface area contributed by atoms with E-state index in [-0.39, 0.29) is 4.90 Å². The van der Waals surface area contributed by atoms with Gasteiger partial charge < -0.3 is 14.8 Å². The van der Waals surface area contributed by atoms with Gasteiger partial charge in [-0.1, -0.05) is 47.5 Å². The molecule has 1 N–H and O–H groups in total. The van der Waals surface area contributed by atoms with E-state index in [1.54, 1.807) is 48.5 Å². The third-order valence-electron chi connectivity index (χ3n) is 5.44. The number of halogens is 1. The highest BCUT2D eigenvalue weighted by Gasteiger charge is 2.27. The molecule has 4 rings (SSSR count). The van der Waals surface area contributed by atoms with Crippen LogP contribution in [-0.4, -0.2) is 28.0 Å². The molecule has 0 aliphatic rings. The Morgan fingerprint density at radius 2 is 1.54 bits per heavy atom. The molecule has 7 nitrogen and oxygen atoms in total. The molecule has 9 heteroatoms. The number of nitrogens with one attached hydrogen (secondary N) is 1. The summed E-state index contributed by atoms with van der Waals surface area (Å²) in [6.45, 7) is 1.39. The van der Waals surface area contributed by atoms with Crippen LogP contribution < -0.4 is 19.1 Å². The van der Waals surface area contributed by atoms with Gasteiger partial charge in [0.1, 0.15) is 23.8 Å². The lowest BCUT2D eigenvalue weighted by molar-refractivity contribution is -0.114. The van der Waals surface area contributed by atoms with Gasteiger partial charge in [-0.15, -0.1) is 0 Å². The van der Waals surface area contributed by atoms with Crippen molar-refractivity contribution in [1.29, 1.82) is 0 Å². The Morgan fingerprint density at radius 1 is 0.892 bits per heavy atom. The van der Waals surface area contributed by atoms with Gasteiger partial charge in [-0.2, -0.15) is 0 Å². The Bertz CT molecular complexity index is 1480. The van der Waals surface area contributed by atoms with Crippen molar-refractivity contribution in [3.05, 3.63) is 108 Å². The first kappa shape index (κ1) is 26.1. The standard InChI is InChI=1S/C28H25ClN2O5S/c1-20-8-15-25(16-9-20)37(33,34)31(19-28(32)30-26-18-21(29)10-17-27(26)35-2)22-11-13-24(14-12-22)36-23-6-4-3-5-7-23/h3-18H,19H2,1-2H3,(H,30,32). The van der Waals surface area contributed by atoms with E-state index in [9.17, 15) is 13.2 Å². The molecule has 0 aliphatic carbocycles. The van der Waals surface area contributed by atoms with Crippen molar-refractivity contribution in [2.75, 3.05) is 23.3 Å². The number of carbonyl (C=O) groups is 1. The Labute approximate surface area is 221 Å². The topological polar surface area (TPSA) is 84.9 Å². The van der Waals surface area contributed by atoms with E-state index >= 15 is 0 Å². The number of benzene rings is 4.